The zero-order chi connectivity index (χ0) is 12.3. The molecule has 1 aliphatic rings. The number of hydrogen-bond acceptors (Lipinski definition) is 4. The van der Waals surface area contributed by atoms with Gasteiger partial charge >= 0.3 is 0 Å². The van der Waals surface area contributed by atoms with Gasteiger partial charge in [-0.3, -0.25) is 4.79 Å². The second-order valence-corrected chi connectivity index (χ2v) is 5.31. The summed E-state index contributed by atoms with van der Waals surface area (Å²) in [6.45, 7) is 4.11. The Bertz CT molecular complexity index is 392. The van der Waals surface area contributed by atoms with Crippen LogP contribution in [0, 0.1) is 5.92 Å². The highest BCUT2D eigenvalue weighted by molar-refractivity contribution is 7.12. The molecule has 1 saturated heterocycles. The van der Waals surface area contributed by atoms with Gasteiger partial charge in [0.25, 0.3) is 5.91 Å². The Hall–Kier alpha value is -1.07. The molecule has 0 spiro atoms. The summed E-state index contributed by atoms with van der Waals surface area (Å²) in [5.41, 5.74) is 0. The smallest absolute Gasteiger partial charge is 0.261 e. The van der Waals surface area contributed by atoms with Crippen molar-refractivity contribution in [1.82, 2.24) is 10.6 Å². The maximum absolute atomic E-state index is 12.0. The average Bonchev–Trinajstić information content (AvgIpc) is 2.81. The van der Waals surface area contributed by atoms with Gasteiger partial charge in [-0.15, -0.1) is 11.3 Å². The molecular formula is C12H18N2O2S. The first kappa shape index (κ1) is 12.4. The van der Waals surface area contributed by atoms with Crippen LogP contribution in [0.2, 0.25) is 0 Å². The largest absolute Gasteiger partial charge is 0.496 e. The Morgan fingerprint density at radius 1 is 1.65 bits per heavy atom. The van der Waals surface area contributed by atoms with E-state index in [1.54, 1.807) is 13.2 Å². The lowest BCUT2D eigenvalue weighted by Crippen LogP contribution is -2.48. The van der Waals surface area contributed by atoms with Crippen LogP contribution in [-0.2, 0) is 0 Å². The molecule has 4 nitrogen and oxygen atoms in total. The molecule has 2 heterocycles. The van der Waals surface area contributed by atoms with E-state index in [0.29, 0.717) is 10.8 Å². The molecule has 1 aromatic heterocycles. The lowest BCUT2D eigenvalue weighted by Gasteiger charge is -2.30. The van der Waals surface area contributed by atoms with Gasteiger partial charge in [-0.25, -0.2) is 0 Å². The quantitative estimate of drug-likeness (QED) is 0.859. The van der Waals surface area contributed by atoms with Crippen molar-refractivity contribution in [3.05, 3.63) is 16.3 Å². The fourth-order valence-electron chi connectivity index (χ4n) is 2.01. The molecule has 1 amide bonds. The molecule has 0 radical (unpaired) electrons. The van der Waals surface area contributed by atoms with Crippen molar-refractivity contribution >= 4 is 17.2 Å². The molecule has 0 bridgehead atoms. The summed E-state index contributed by atoms with van der Waals surface area (Å²) in [7, 11) is 1.61. The van der Waals surface area contributed by atoms with E-state index in [1.165, 1.54) is 11.3 Å². The number of piperidine rings is 1. The third kappa shape index (κ3) is 2.98. The second-order valence-electron chi connectivity index (χ2n) is 4.40. The van der Waals surface area contributed by atoms with E-state index >= 15 is 0 Å². The molecule has 2 rings (SSSR count). The van der Waals surface area contributed by atoms with Crippen molar-refractivity contribution < 1.29 is 9.53 Å². The highest BCUT2D eigenvalue weighted by atomic mass is 32.1. The predicted molar refractivity (Wildman–Crippen MR) is 68.8 cm³/mol. The van der Waals surface area contributed by atoms with Crippen LogP contribution in [0.25, 0.3) is 0 Å². The summed E-state index contributed by atoms with van der Waals surface area (Å²) < 4.78 is 5.08. The van der Waals surface area contributed by atoms with Gasteiger partial charge in [0, 0.05) is 17.5 Å². The monoisotopic (exact) mass is 254 g/mol. The van der Waals surface area contributed by atoms with Crippen molar-refractivity contribution in [1.29, 1.82) is 0 Å². The van der Waals surface area contributed by atoms with E-state index < -0.39 is 0 Å². The first-order valence-electron chi connectivity index (χ1n) is 5.85. The molecule has 1 aliphatic heterocycles. The van der Waals surface area contributed by atoms with Gasteiger partial charge in [-0.05, 0) is 25.4 Å². The van der Waals surface area contributed by atoms with Crippen molar-refractivity contribution in [2.45, 2.75) is 19.4 Å². The van der Waals surface area contributed by atoms with Crippen LogP contribution in [-0.4, -0.2) is 32.1 Å². The van der Waals surface area contributed by atoms with Gasteiger partial charge in [-0.2, -0.15) is 0 Å². The third-order valence-electron chi connectivity index (χ3n) is 3.14. The maximum atomic E-state index is 12.0. The van der Waals surface area contributed by atoms with Gasteiger partial charge in [0.05, 0.1) is 12.0 Å². The van der Waals surface area contributed by atoms with E-state index in [9.17, 15) is 4.79 Å². The van der Waals surface area contributed by atoms with Crippen LogP contribution in [0.1, 0.15) is 23.0 Å². The molecule has 0 aromatic carbocycles. The Kier molecular flexibility index (Phi) is 4.02. The first-order valence-corrected chi connectivity index (χ1v) is 6.72. The second kappa shape index (κ2) is 5.51. The fourth-order valence-corrected chi connectivity index (χ4v) is 2.77. The fraction of sp³-hybridized carbons (Fsp3) is 0.583. The number of ether oxygens (including phenoxy) is 1. The molecule has 5 heteroatoms. The van der Waals surface area contributed by atoms with Crippen LogP contribution >= 0.6 is 11.3 Å². The predicted octanol–water partition coefficient (Wildman–Crippen LogP) is 1.48. The van der Waals surface area contributed by atoms with Gasteiger partial charge in [0.1, 0.15) is 5.75 Å². The highest BCUT2D eigenvalue weighted by Gasteiger charge is 2.23. The van der Waals surface area contributed by atoms with Crippen LogP contribution in [0.4, 0.5) is 0 Å². The maximum Gasteiger partial charge on any atom is 0.261 e. The number of carbonyl (C=O) groups excluding carboxylic acids is 1. The normalized spacial score (nSPS) is 24.4. The topological polar surface area (TPSA) is 50.4 Å². The van der Waals surface area contributed by atoms with Crippen LogP contribution in [0.5, 0.6) is 5.75 Å². The van der Waals surface area contributed by atoms with E-state index in [-0.39, 0.29) is 11.9 Å². The lowest BCUT2D eigenvalue weighted by molar-refractivity contribution is 0.0918. The highest BCUT2D eigenvalue weighted by Crippen LogP contribution is 2.21. The summed E-state index contributed by atoms with van der Waals surface area (Å²) >= 11 is 1.42. The summed E-state index contributed by atoms with van der Waals surface area (Å²) in [6, 6.07) is 2.06. The van der Waals surface area contributed by atoms with Crippen molar-refractivity contribution in [3.63, 3.8) is 0 Å². The number of hydrogen-bond donors (Lipinski definition) is 2. The van der Waals surface area contributed by atoms with Crippen molar-refractivity contribution in [2.75, 3.05) is 20.2 Å². The summed E-state index contributed by atoms with van der Waals surface area (Å²) in [6.07, 6.45) is 0.995. The molecule has 2 N–H and O–H groups in total. The number of methoxy groups -OCH3 is 1. The minimum atomic E-state index is 0.0112. The van der Waals surface area contributed by atoms with Crippen LogP contribution < -0.4 is 15.4 Å². The standard InChI is InChI=1S/C12H18N2O2S/c1-8-6-13-4-3-10(8)14-12(15)11-5-9(16-2)7-17-11/h5,7-8,10,13H,3-4,6H2,1-2H3,(H,14,15). The Morgan fingerprint density at radius 2 is 2.47 bits per heavy atom. The number of nitrogens with one attached hydrogen (secondary N) is 2. The van der Waals surface area contributed by atoms with Crippen LogP contribution in [0.15, 0.2) is 11.4 Å². The Labute approximate surface area is 105 Å². The van der Waals surface area contributed by atoms with E-state index in [0.717, 1.165) is 25.3 Å². The van der Waals surface area contributed by atoms with Crippen molar-refractivity contribution in [3.8, 4) is 5.75 Å². The summed E-state index contributed by atoms with van der Waals surface area (Å²) in [5, 5.41) is 8.27. The Morgan fingerprint density at radius 3 is 3.12 bits per heavy atom. The summed E-state index contributed by atoms with van der Waals surface area (Å²) in [5.74, 6) is 1.24. The third-order valence-corrected chi connectivity index (χ3v) is 4.04. The summed E-state index contributed by atoms with van der Waals surface area (Å²) in [4.78, 5) is 12.7. The van der Waals surface area contributed by atoms with Gasteiger partial charge in [0.15, 0.2) is 0 Å². The molecule has 1 aromatic rings. The number of carbonyl (C=O) groups is 1. The minimum Gasteiger partial charge on any atom is -0.496 e. The molecule has 2 unspecified atom stereocenters. The number of thiophene rings is 1. The number of rotatable bonds is 3. The average molecular weight is 254 g/mol. The van der Waals surface area contributed by atoms with E-state index in [1.807, 2.05) is 5.38 Å². The van der Waals surface area contributed by atoms with E-state index in [4.69, 9.17) is 4.74 Å². The molecule has 17 heavy (non-hydrogen) atoms. The van der Waals surface area contributed by atoms with Gasteiger partial charge < -0.3 is 15.4 Å². The molecule has 94 valence electrons. The lowest BCUT2D eigenvalue weighted by atomic mass is 9.95. The van der Waals surface area contributed by atoms with Gasteiger partial charge in [-0.1, -0.05) is 6.92 Å². The zero-order valence-corrected chi connectivity index (χ0v) is 11.0. The molecular weight excluding hydrogens is 236 g/mol. The van der Waals surface area contributed by atoms with Gasteiger partial charge in [0.2, 0.25) is 0 Å². The molecule has 0 saturated carbocycles. The SMILES string of the molecule is COc1csc(C(=O)NC2CCNCC2C)c1. The van der Waals surface area contributed by atoms with Crippen molar-refractivity contribution in [2.24, 2.45) is 5.92 Å². The van der Waals surface area contributed by atoms with Crippen LogP contribution in [0.3, 0.4) is 0 Å². The first-order chi connectivity index (χ1) is 8.20. The number of amides is 1. The minimum absolute atomic E-state index is 0.0112. The molecule has 2 atom stereocenters. The molecule has 0 aliphatic carbocycles. The Balaban J connectivity index is 1.96. The molecule has 1 fully saturated rings. The zero-order valence-electron chi connectivity index (χ0n) is 10.2. The van der Waals surface area contributed by atoms with E-state index in [2.05, 4.69) is 17.6 Å².